The first-order chi connectivity index (χ1) is 16.9. The maximum atomic E-state index is 12.9. The molecule has 36 heavy (non-hydrogen) atoms. The van der Waals surface area contributed by atoms with Gasteiger partial charge in [0.1, 0.15) is 18.1 Å². The maximum absolute atomic E-state index is 12.9. The molecule has 0 saturated carbocycles. The second-order valence-electron chi connectivity index (χ2n) is 9.10. The molecule has 0 unspecified atom stereocenters. The molecule has 1 fully saturated rings. The summed E-state index contributed by atoms with van der Waals surface area (Å²) in [6.07, 6.45) is 12.7. The van der Waals surface area contributed by atoms with Crippen LogP contribution in [0.3, 0.4) is 0 Å². The Morgan fingerprint density at radius 1 is 1.33 bits per heavy atom. The molecular weight excluding hydrogens is 462 g/mol. The van der Waals surface area contributed by atoms with E-state index >= 15 is 0 Å². The van der Waals surface area contributed by atoms with E-state index in [0.29, 0.717) is 19.4 Å². The second-order valence-corrected chi connectivity index (χ2v) is 9.10. The Kier molecular flexibility index (Phi) is 11.8. The van der Waals surface area contributed by atoms with Crippen LogP contribution < -0.4 is 16.1 Å². The van der Waals surface area contributed by atoms with Crippen LogP contribution in [0.15, 0.2) is 36.5 Å². The van der Waals surface area contributed by atoms with Crippen LogP contribution in [0.1, 0.15) is 47.0 Å². The monoisotopic (exact) mass is 499 g/mol. The van der Waals surface area contributed by atoms with Crippen LogP contribution in [-0.4, -0.2) is 66.2 Å². The number of nitrogens with zero attached hydrogens (tertiary/aromatic N) is 1. The summed E-state index contributed by atoms with van der Waals surface area (Å²) < 4.78 is 4.73. The molecule has 0 aromatic heterocycles. The van der Waals surface area contributed by atoms with Gasteiger partial charge in [0.2, 0.25) is 11.8 Å². The molecule has 1 saturated heterocycles. The van der Waals surface area contributed by atoms with Crippen molar-refractivity contribution in [1.29, 1.82) is 5.41 Å². The number of esters is 1. The standard InChI is InChI=1S/C26H37N5O5/c1-8-11-20(29-25(35)26(5,6)14-13-19(27)16-17(3)9-2)22(32)28-18(4)23(33)31-15-10-12-21(30-31)24(34)36-7/h1,9,13-14,16,18,20-21,27,30H,2,10-12,15H2,3-7H3,(H,28,32)(H,29,35)/b14-13+,17-16+,27-19?/t18-,20-,21-/m0/s1. The van der Waals surface area contributed by atoms with Crippen molar-refractivity contribution in [2.24, 2.45) is 5.41 Å². The normalized spacial score (nSPS) is 17.9. The maximum Gasteiger partial charge on any atom is 0.324 e. The van der Waals surface area contributed by atoms with Gasteiger partial charge in [0, 0.05) is 13.0 Å². The summed E-state index contributed by atoms with van der Waals surface area (Å²) in [4.78, 5) is 50.4. The number of ether oxygens (including phenoxy) is 1. The molecule has 1 aliphatic heterocycles. The first-order valence-electron chi connectivity index (χ1n) is 11.6. The van der Waals surface area contributed by atoms with E-state index in [1.807, 2.05) is 0 Å². The van der Waals surface area contributed by atoms with Gasteiger partial charge in [-0.1, -0.05) is 18.7 Å². The summed E-state index contributed by atoms with van der Waals surface area (Å²) in [6.45, 7) is 10.6. The van der Waals surface area contributed by atoms with E-state index in [-0.39, 0.29) is 12.1 Å². The molecule has 0 bridgehead atoms. The van der Waals surface area contributed by atoms with Crippen molar-refractivity contribution in [2.75, 3.05) is 13.7 Å². The lowest BCUT2D eigenvalue weighted by molar-refractivity contribution is -0.150. The molecule has 3 atom stereocenters. The topological polar surface area (TPSA) is 141 Å². The summed E-state index contributed by atoms with van der Waals surface area (Å²) in [6, 6.07) is -2.64. The summed E-state index contributed by atoms with van der Waals surface area (Å²) >= 11 is 0. The summed E-state index contributed by atoms with van der Waals surface area (Å²) in [7, 11) is 1.27. The molecule has 196 valence electrons. The van der Waals surface area contributed by atoms with Gasteiger partial charge in [-0.3, -0.25) is 24.2 Å². The van der Waals surface area contributed by atoms with Gasteiger partial charge in [0.15, 0.2) is 0 Å². The summed E-state index contributed by atoms with van der Waals surface area (Å²) in [5, 5.41) is 14.5. The van der Waals surface area contributed by atoms with Crippen LogP contribution in [0.25, 0.3) is 0 Å². The molecule has 0 aromatic rings. The lowest BCUT2D eigenvalue weighted by atomic mass is 9.90. The molecule has 1 heterocycles. The third-order valence-corrected chi connectivity index (χ3v) is 5.58. The van der Waals surface area contributed by atoms with Crippen molar-refractivity contribution in [2.45, 2.75) is 65.1 Å². The van der Waals surface area contributed by atoms with Crippen molar-refractivity contribution >= 4 is 29.4 Å². The molecule has 0 aromatic carbocycles. The fourth-order valence-corrected chi connectivity index (χ4v) is 3.26. The molecule has 1 aliphatic rings. The molecule has 0 spiro atoms. The van der Waals surface area contributed by atoms with Gasteiger partial charge in [0.05, 0.1) is 18.2 Å². The number of hydrogen-bond acceptors (Lipinski definition) is 7. The molecular formula is C26H37N5O5. The number of amides is 3. The highest BCUT2D eigenvalue weighted by Crippen LogP contribution is 2.18. The van der Waals surface area contributed by atoms with E-state index in [4.69, 9.17) is 16.6 Å². The predicted molar refractivity (Wildman–Crippen MR) is 137 cm³/mol. The highest BCUT2D eigenvalue weighted by atomic mass is 16.5. The van der Waals surface area contributed by atoms with E-state index in [9.17, 15) is 19.2 Å². The van der Waals surface area contributed by atoms with Crippen LogP contribution in [0.4, 0.5) is 0 Å². The molecule has 0 aliphatic carbocycles. The molecule has 1 rings (SSSR count). The Balaban J connectivity index is 2.83. The average Bonchev–Trinajstić information content (AvgIpc) is 2.85. The summed E-state index contributed by atoms with van der Waals surface area (Å²) in [5.74, 6) is 0.381. The van der Waals surface area contributed by atoms with Crippen molar-refractivity contribution in [3.8, 4) is 12.3 Å². The lowest BCUT2D eigenvalue weighted by Gasteiger charge is -2.34. The fraction of sp³-hybridized carbons (Fsp3) is 0.500. The zero-order valence-electron chi connectivity index (χ0n) is 21.6. The molecule has 10 nitrogen and oxygen atoms in total. The van der Waals surface area contributed by atoms with E-state index in [2.05, 4.69) is 28.6 Å². The van der Waals surface area contributed by atoms with Gasteiger partial charge in [-0.05, 0) is 58.3 Å². The van der Waals surface area contributed by atoms with Crippen molar-refractivity contribution in [3.05, 3.63) is 36.5 Å². The van der Waals surface area contributed by atoms with Gasteiger partial charge >= 0.3 is 5.97 Å². The van der Waals surface area contributed by atoms with Gasteiger partial charge in [-0.15, -0.1) is 12.3 Å². The van der Waals surface area contributed by atoms with E-state index in [0.717, 1.165) is 5.57 Å². The van der Waals surface area contributed by atoms with Crippen LogP contribution in [0.2, 0.25) is 0 Å². The number of hydrazine groups is 1. The first-order valence-corrected chi connectivity index (χ1v) is 11.6. The predicted octanol–water partition coefficient (Wildman–Crippen LogP) is 1.40. The molecule has 0 radical (unpaired) electrons. The largest absolute Gasteiger partial charge is 0.468 e. The number of carbonyl (C=O) groups is 4. The number of methoxy groups -OCH3 is 1. The Bertz CT molecular complexity index is 976. The molecule has 4 N–H and O–H groups in total. The minimum atomic E-state index is -1.06. The number of allylic oxidation sites excluding steroid dienone is 4. The smallest absolute Gasteiger partial charge is 0.324 e. The van der Waals surface area contributed by atoms with Crippen molar-refractivity contribution in [3.63, 3.8) is 0 Å². The lowest BCUT2D eigenvalue weighted by Crippen LogP contribution is -2.60. The van der Waals surface area contributed by atoms with E-state index in [1.54, 1.807) is 39.0 Å². The third-order valence-electron chi connectivity index (χ3n) is 5.58. The Hall–Kier alpha value is -3.71. The van der Waals surface area contributed by atoms with Crippen LogP contribution in [0, 0.1) is 23.2 Å². The number of carbonyl (C=O) groups excluding carboxylic acids is 4. The number of rotatable bonds is 11. The van der Waals surface area contributed by atoms with Crippen LogP contribution >= 0.6 is 0 Å². The SMILES string of the molecule is C#CC[C@H](NC(=O)C(C)(C)/C=C/C(=N)/C=C(\C)C=C)C(=O)N[C@@H](C)C(=O)N1CCC[C@@H](C(=O)OC)N1. The third kappa shape index (κ3) is 9.15. The highest BCUT2D eigenvalue weighted by Gasteiger charge is 2.33. The molecule has 10 heteroatoms. The average molecular weight is 500 g/mol. The van der Waals surface area contributed by atoms with Gasteiger partial charge in [-0.25, -0.2) is 5.43 Å². The number of nitrogens with one attached hydrogen (secondary N) is 4. The highest BCUT2D eigenvalue weighted by molar-refractivity contribution is 6.03. The second kappa shape index (κ2) is 14.0. The van der Waals surface area contributed by atoms with Crippen LogP contribution in [0.5, 0.6) is 0 Å². The fourth-order valence-electron chi connectivity index (χ4n) is 3.26. The zero-order valence-corrected chi connectivity index (χ0v) is 21.6. The number of hydrogen-bond donors (Lipinski definition) is 4. The summed E-state index contributed by atoms with van der Waals surface area (Å²) in [5.41, 5.74) is 2.78. The number of terminal acetylenes is 1. The van der Waals surface area contributed by atoms with E-state index in [1.165, 1.54) is 25.1 Å². The van der Waals surface area contributed by atoms with Gasteiger partial charge in [0.25, 0.3) is 5.91 Å². The minimum Gasteiger partial charge on any atom is -0.468 e. The first kappa shape index (κ1) is 30.3. The zero-order chi connectivity index (χ0) is 27.5. The Morgan fingerprint density at radius 3 is 2.58 bits per heavy atom. The van der Waals surface area contributed by atoms with Gasteiger partial charge < -0.3 is 20.8 Å². The minimum absolute atomic E-state index is 0.0816. The van der Waals surface area contributed by atoms with Gasteiger partial charge in [-0.2, -0.15) is 0 Å². The van der Waals surface area contributed by atoms with E-state index < -0.39 is 47.2 Å². The van der Waals surface area contributed by atoms with Crippen molar-refractivity contribution < 1.29 is 23.9 Å². The molecule has 3 amide bonds. The van der Waals surface area contributed by atoms with Crippen LogP contribution in [-0.2, 0) is 23.9 Å². The van der Waals surface area contributed by atoms with Crippen molar-refractivity contribution in [1.82, 2.24) is 21.1 Å². The quantitative estimate of drug-likeness (QED) is 0.147. The Labute approximate surface area is 213 Å². The Morgan fingerprint density at radius 2 is 2.00 bits per heavy atom.